The van der Waals surface area contributed by atoms with Crippen LogP contribution in [0.1, 0.15) is 32.8 Å². The molecule has 1 aromatic rings. The smallest absolute Gasteiger partial charge is 0.246 e. The van der Waals surface area contributed by atoms with Crippen LogP contribution in [-0.4, -0.2) is 32.4 Å². The Labute approximate surface area is 125 Å². The SMILES string of the molecule is CCC(C)(C)N(C)S(=O)(=O)c1ccc(F)c(CNC)c1F. The highest BCUT2D eigenvalue weighted by molar-refractivity contribution is 7.89. The second-order valence-corrected chi connectivity index (χ2v) is 7.44. The molecule has 0 radical (unpaired) electrons. The van der Waals surface area contributed by atoms with Gasteiger partial charge in [0.1, 0.15) is 10.7 Å². The molecule has 0 amide bonds. The molecule has 0 saturated carbocycles. The number of nitrogens with one attached hydrogen (secondary N) is 1. The molecule has 0 unspecified atom stereocenters. The lowest BCUT2D eigenvalue weighted by Crippen LogP contribution is -2.44. The molecule has 0 atom stereocenters. The molecule has 0 aliphatic rings. The van der Waals surface area contributed by atoms with Crippen LogP contribution in [0, 0.1) is 11.6 Å². The van der Waals surface area contributed by atoms with Gasteiger partial charge in [0, 0.05) is 24.7 Å². The highest BCUT2D eigenvalue weighted by Gasteiger charge is 2.35. The average Bonchev–Trinajstić information content (AvgIpc) is 2.42. The van der Waals surface area contributed by atoms with E-state index in [1.165, 1.54) is 14.1 Å². The van der Waals surface area contributed by atoms with Crippen LogP contribution in [0.5, 0.6) is 0 Å². The molecule has 0 aromatic heterocycles. The van der Waals surface area contributed by atoms with E-state index in [1.807, 2.05) is 6.92 Å². The summed E-state index contributed by atoms with van der Waals surface area (Å²) in [5.41, 5.74) is -0.940. The molecule has 0 fully saturated rings. The van der Waals surface area contributed by atoms with E-state index in [0.717, 1.165) is 16.4 Å². The first kappa shape index (κ1) is 18.0. The van der Waals surface area contributed by atoms with Gasteiger partial charge in [-0.25, -0.2) is 17.2 Å². The highest BCUT2D eigenvalue weighted by Crippen LogP contribution is 2.28. The van der Waals surface area contributed by atoms with Gasteiger partial charge in [-0.05, 0) is 39.4 Å². The van der Waals surface area contributed by atoms with E-state index in [9.17, 15) is 17.2 Å². The summed E-state index contributed by atoms with van der Waals surface area (Å²) in [6, 6.07) is 1.96. The number of rotatable bonds is 6. The lowest BCUT2D eigenvalue weighted by Gasteiger charge is -2.33. The van der Waals surface area contributed by atoms with Crippen molar-refractivity contribution in [3.8, 4) is 0 Å². The predicted molar refractivity (Wildman–Crippen MR) is 78.4 cm³/mol. The molecular formula is C14H22F2N2O2S. The molecule has 0 spiro atoms. The first-order valence-corrected chi connectivity index (χ1v) is 8.14. The topological polar surface area (TPSA) is 49.4 Å². The van der Waals surface area contributed by atoms with Gasteiger partial charge < -0.3 is 5.32 Å². The van der Waals surface area contributed by atoms with Crippen molar-refractivity contribution >= 4 is 10.0 Å². The zero-order valence-corrected chi connectivity index (χ0v) is 13.8. The summed E-state index contributed by atoms with van der Waals surface area (Å²) in [7, 11) is -1.10. The molecule has 1 rings (SSSR count). The van der Waals surface area contributed by atoms with Gasteiger partial charge in [0.25, 0.3) is 0 Å². The number of benzene rings is 1. The Morgan fingerprint density at radius 2 is 1.86 bits per heavy atom. The van der Waals surface area contributed by atoms with Crippen LogP contribution in [0.4, 0.5) is 8.78 Å². The highest BCUT2D eigenvalue weighted by atomic mass is 32.2. The van der Waals surface area contributed by atoms with Crippen LogP contribution in [0.15, 0.2) is 17.0 Å². The summed E-state index contributed by atoms with van der Waals surface area (Å²) in [4.78, 5) is -0.502. The fourth-order valence-electron chi connectivity index (χ4n) is 1.81. The van der Waals surface area contributed by atoms with E-state index in [1.54, 1.807) is 13.8 Å². The van der Waals surface area contributed by atoms with Crippen LogP contribution in [0.3, 0.4) is 0 Å². The van der Waals surface area contributed by atoms with Crippen molar-refractivity contribution in [1.82, 2.24) is 9.62 Å². The van der Waals surface area contributed by atoms with E-state index in [-0.39, 0.29) is 12.1 Å². The number of hydrogen-bond acceptors (Lipinski definition) is 3. The number of nitrogens with zero attached hydrogens (tertiary/aromatic N) is 1. The molecule has 0 bridgehead atoms. The largest absolute Gasteiger partial charge is 0.315 e. The van der Waals surface area contributed by atoms with E-state index < -0.39 is 32.1 Å². The third-order valence-corrected chi connectivity index (χ3v) is 5.95. The zero-order valence-electron chi connectivity index (χ0n) is 13.0. The van der Waals surface area contributed by atoms with Crippen molar-refractivity contribution in [2.75, 3.05) is 14.1 Å². The summed E-state index contributed by atoms with van der Waals surface area (Å²) >= 11 is 0. The average molecular weight is 320 g/mol. The van der Waals surface area contributed by atoms with Gasteiger partial charge in [-0.2, -0.15) is 4.31 Å². The zero-order chi connectivity index (χ0) is 16.4. The van der Waals surface area contributed by atoms with E-state index >= 15 is 0 Å². The van der Waals surface area contributed by atoms with Crippen molar-refractivity contribution in [2.24, 2.45) is 0 Å². The Kier molecular flexibility index (Phi) is 5.46. The van der Waals surface area contributed by atoms with Crippen molar-refractivity contribution in [3.05, 3.63) is 29.3 Å². The standard InChI is InChI=1S/C14H22F2N2O2S/c1-6-14(2,3)18(5)21(19,20)12-8-7-11(15)10(9-17-4)13(12)16/h7-8,17H,6,9H2,1-5H3. The maximum absolute atomic E-state index is 14.4. The lowest BCUT2D eigenvalue weighted by atomic mass is 10.0. The molecule has 21 heavy (non-hydrogen) atoms. The minimum absolute atomic E-state index is 0.0814. The lowest BCUT2D eigenvalue weighted by molar-refractivity contribution is 0.256. The Morgan fingerprint density at radius 1 is 1.29 bits per heavy atom. The third kappa shape index (κ3) is 3.41. The Balaban J connectivity index is 3.43. The van der Waals surface area contributed by atoms with Gasteiger partial charge in [-0.1, -0.05) is 6.92 Å². The minimum atomic E-state index is -4.03. The number of sulfonamides is 1. The second-order valence-electron chi connectivity index (χ2n) is 5.51. The van der Waals surface area contributed by atoms with Gasteiger partial charge in [0.05, 0.1) is 0 Å². The minimum Gasteiger partial charge on any atom is -0.315 e. The summed E-state index contributed by atoms with van der Waals surface area (Å²) in [5.74, 6) is -1.80. The third-order valence-electron chi connectivity index (χ3n) is 3.86. The van der Waals surface area contributed by atoms with E-state index in [0.29, 0.717) is 6.42 Å². The van der Waals surface area contributed by atoms with Crippen molar-refractivity contribution in [1.29, 1.82) is 0 Å². The maximum Gasteiger partial charge on any atom is 0.246 e. The number of hydrogen-bond donors (Lipinski definition) is 1. The molecule has 1 aromatic carbocycles. The van der Waals surface area contributed by atoms with Crippen molar-refractivity contribution in [3.63, 3.8) is 0 Å². The van der Waals surface area contributed by atoms with E-state index in [4.69, 9.17) is 0 Å². The fourth-order valence-corrected chi connectivity index (χ4v) is 3.47. The van der Waals surface area contributed by atoms with Gasteiger partial charge >= 0.3 is 0 Å². The van der Waals surface area contributed by atoms with Crippen LogP contribution < -0.4 is 5.32 Å². The fraction of sp³-hybridized carbons (Fsp3) is 0.571. The summed E-state index contributed by atoms with van der Waals surface area (Å²) < 4.78 is 54.3. The predicted octanol–water partition coefficient (Wildman–Crippen LogP) is 2.49. The second kappa shape index (κ2) is 6.37. The first-order valence-electron chi connectivity index (χ1n) is 6.70. The molecule has 0 heterocycles. The van der Waals surface area contributed by atoms with Crippen LogP contribution >= 0.6 is 0 Å². The Hall–Kier alpha value is -1.05. The van der Waals surface area contributed by atoms with Gasteiger partial charge in [0.2, 0.25) is 10.0 Å². The molecule has 120 valence electrons. The number of halogens is 2. The molecule has 1 N–H and O–H groups in total. The van der Waals surface area contributed by atoms with Crippen LogP contribution in [-0.2, 0) is 16.6 Å². The van der Waals surface area contributed by atoms with Gasteiger partial charge in [-0.15, -0.1) is 0 Å². The molecule has 7 heteroatoms. The van der Waals surface area contributed by atoms with Crippen LogP contribution in [0.25, 0.3) is 0 Å². The summed E-state index contributed by atoms with van der Waals surface area (Å²) in [6.45, 7) is 5.27. The Morgan fingerprint density at radius 3 is 2.33 bits per heavy atom. The summed E-state index contributed by atoms with van der Waals surface area (Å²) in [5, 5.41) is 2.63. The molecule has 0 aliphatic carbocycles. The molecule has 0 saturated heterocycles. The van der Waals surface area contributed by atoms with Crippen molar-refractivity contribution < 1.29 is 17.2 Å². The molecule has 0 aliphatic heterocycles. The summed E-state index contributed by atoms with van der Waals surface area (Å²) in [6.07, 6.45) is 0.564. The molecular weight excluding hydrogens is 298 g/mol. The van der Waals surface area contributed by atoms with Crippen LogP contribution in [0.2, 0.25) is 0 Å². The maximum atomic E-state index is 14.4. The molecule has 4 nitrogen and oxygen atoms in total. The monoisotopic (exact) mass is 320 g/mol. The normalized spacial score (nSPS) is 13.0. The van der Waals surface area contributed by atoms with Gasteiger partial charge in [0.15, 0.2) is 5.82 Å². The quantitative estimate of drug-likeness (QED) is 0.876. The first-order chi connectivity index (χ1) is 9.59. The Bertz CT molecular complexity index is 616. The van der Waals surface area contributed by atoms with Gasteiger partial charge in [-0.3, -0.25) is 0 Å². The van der Waals surface area contributed by atoms with E-state index in [2.05, 4.69) is 5.32 Å². The van der Waals surface area contributed by atoms with Crippen molar-refractivity contribution in [2.45, 2.75) is 44.2 Å².